The van der Waals surface area contributed by atoms with Crippen molar-refractivity contribution < 1.29 is 0 Å². The second-order valence-corrected chi connectivity index (χ2v) is 7.18. The van der Waals surface area contributed by atoms with Gasteiger partial charge in [-0.1, -0.05) is 34.6 Å². The predicted octanol–water partition coefficient (Wildman–Crippen LogP) is 3.63. The van der Waals surface area contributed by atoms with Gasteiger partial charge in [-0.25, -0.2) is 0 Å². The zero-order valence-corrected chi connectivity index (χ0v) is 13.7. The first-order valence-corrected chi connectivity index (χ1v) is 7.46. The molecule has 110 valence electrons. The van der Waals surface area contributed by atoms with Crippen LogP contribution in [0, 0.1) is 5.92 Å². The van der Waals surface area contributed by atoms with Crippen molar-refractivity contribution in [2.75, 3.05) is 0 Å². The van der Waals surface area contributed by atoms with E-state index in [0.29, 0.717) is 6.04 Å². The van der Waals surface area contributed by atoms with Gasteiger partial charge in [0.25, 0.3) is 0 Å². The summed E-state index contributed by atoms with van der Waals surface area (Å²) in [4.78, 5) is 0. The molecule has 1 aromatic rings. The van der Waals surface area contributed by atoms with E-state index in [4.69, 9.17) is 0 Å². The molecule has 3 heteroatoms. The summed E-state index contributed by atoms with van der Waals surface area (Å²) in [6, 6.07) is 0.565. The van der Waals surface area contributed by atoms with Crippen molar-refractivity contribution in [2.45, 2.75) is 72.4 Å². The van der Waals surface area contributed by atoms with Gasteiger partial charge < -0.3 is 5.32 Å². The summed E-state index contributed by atoms with van der Waals surface area (Å²) >= 11 is 0. The number of nitrogens with zero attached hydrogens (tertiary/aromatic N) is 2. The van der Waals surface area contributed by atoms with Gasteiger partial charge in [0.15, 0.2) is 0 Å². The van der Waals surface area contributed by atoms with Crippen LogP contribution < -0.4 is 5.32 Å². The molecule has 0 fully saturated rings. The van der Waals surface area contributed by atoms with Gasteiger partial charge in [0.1, 0.15) is 0 Å². The normalized spacial score (nSPS) is 14.1. The monoisotopic (exact) mass is 265 g/mol. The van der Waals surface area contributed by atoms with Crippen molar-refractivity contribution >= 4 is 0 Å². The molecule has 1 unspecified atom stereocenters. The fourth-order valence-corrected chi connectivity index (χ4v) is 2.27. The Bertz CT molecular complexity index is 385. The third-order valence-corrected chi connectivity index (χ3v) is 3.43. The molecule has 3 nitrogen and oxygen atoms in total. The number of aryl methyl sites for hydroxylation is 1. The second-order valence-electron chi connectivity index (χ2n) is 7.18. The van der Waals surface area contributed by atoms with Crippen LogP contribution >= 0.6 is 0 Å². The Hall–Kier alpha value is -0.830. The van der Waals surface area contributed by atoms with E-state index in [9.17, 15) is 0 Å². The molecule has 0 spiro atoms. The van der Waals surface area contributed by atoms with Crippen LogP contribution in [-0.2, 0) is 19.0 Å². The lowest BCUT2D eigenvalue weighted by Crippen LogP contribution is -2.27. The third-order valence-electron chi connectivity index (χ3n) is 3.43. The summed E-state index contributed by atoms with van der Waals surface area (Å²) in [6.07, 6.45) is 4.67. The van der Waals surface area contributed by atoms with E-state index >= 15 is 0 Å². The topological polar surface area (TPSA) is 29.9 Å². The van der Waals surface area contributed by atoms with Crippen LogP contribution in [0.5, 0.6) is 0 Å². The molecule has 1 atom stereocenters. The molecule has 19 heavy (non-hydrogen) atoms. The van der Waals surface area contributed by atoms with Crippen LogP contribution in [0.3, 0.4) is 0 Å². The number of hydrogen-bond donors (Lipinski definition) is 1. The Morgan fingerprint density at radius 1 is 1.21 bits per heavy atom. The van der Waals surface area contributed by atoms with Gasteiger partial charge in [-0.3, -0.25) is 4.68 Å². The van der Waals surface area contributed by atoms with Gasteiger partial charge in [-0.15, -0.1) is 0 Å². The summed E-state index contributed by atoms with van der Waals surface area (Å²) in [5.74, 6) is 0.785. The van der Waals surface area contributed by atoms with Gasteiger partial charge >= 0.3 is 0 Å². The van der Waals surface area contributed by atoms with Gasteiger partial charge in [0.2, 0.25) is 0 Å². The lowest BCUT2D eigenvalue weighted by atomic mass is 9.89. The lowest BCUT2D eigenvalue weighted by molar-refractivity contribution is 0.448. The third kappa shape index (κ3) is 5.35. The highest BCUT2D eigenvalue weighted by Gasteiger charge is 2.21. The van der Waals surface area contributed by atoms with Crippen molar-refractivity contribution in [3.8, 4) is 0 Å². The highest BCUT2D eigenvalue weighted by Crippen LogP contribution is 2.24. The molecule has 0 saturated heterocycles. The first-order valence-electron chi connectivity index (χ1n) is 7.46. The van der Waals surface area contributed by atoms with Gasteiger partial charge in [0.05, 0.1) is 5.69 Å². The first kappa shape index (κ1) is 16.2. The minimum atomic E-state index is 0.111. The van der Waals surface area contributed by atoms with Crippen molar-refractivity contribution in [3.63, 3.8) is 0 Å². The van der Waals surface area contributed by atoms with E-state index in [0.717, 1.165) is 12.5 Å². The zero-order valence-electron chi connectivity index (χ0n) is 13.7. The maximum absolute atomic E-state index is 4.61. The van der Waals surface area contributed by atoms with E-state index < -0.39 is 0 Å². The minimum Gasteiger partial charge on any atom is -0.310 e. The van der Waals surface area contributed by atoms with Crippen LogP contribution in [0.2, 0.25) is 0 Å². The fraction of sp³-hybridized carbons (Fsp3) is 0.812. The summed E-state index contributed by atoms with van der Waals surface area (Å²) in [6.45, 7) is 14.4. The number of nitrogens with one attached hydrogen (secondary N) is 1. The highest BCUT2D eigenvalue weighted by molar-refractivity contribution is 5.23. The molecule has 1 rings (SSSR count). The maximum Gasteiger partial charge on any atom is 0.0722 e. The SMILES string of the molecule is CC(C)CCC(C)NCc1cn(C)nc1C(C)(C)C. The van der Waals surface area contributed by atoms with Crippen molar-refractivity contribution in [1.82, 2.24) is 15.1 Å². The quantitative estimate of drug-likeness (QED) is 0.851. The summed E-state index contributed by atoms with van der Waals surface area (Å²) < 4.78 is 1.93. The van der Waals surface area contributed by atoms with Crippen LogP contribution in [0.15, 0.2) is 6.20 Å². The van der Waals surface area contributed by atoms with Crippen molar-refractivity contribution in [2.24, 2.45) is 13.0 Å². The standard InChI is InChI=1S/C16H31N3/c1-12(2)8-9-13(3)17-10-14-11-19(7)18-15(14)16(4,5)6/h11-13,17H,8-10H2,1-7H3. The molecule has 0 aliphatic rings. The van der Waals surface area contributed by atoms with Crippen LogP contribution in [0.4, 0.5) is 0 Å². The Labute approximate surface area is 118 Å². The van der Waals surface area contributed by atoms with Gasteiger partial charge in [0, 0.05) is 36.8 Å². The average Bonchev–Trinajstić information content (AvgIpc) is 2.65. The maximum atomic E-state index is 4.61. The molecule has 0 radical (unpaired) electrons. The number of aromatic nitrogens is 2. The fourth-order valence-electron chi connectivity index (χ4n) is 2.27. The largest absolute Gasteiger partial charge is 0.310 e. The molecule has 1 aromatic heterocycles. The number of rotatable bonds is 6. The summed E-state index contributed by atoms with van der Waals surface area (Å²) in [5.41, 5.74) is 2.64. The molecule has 0 saturated carbocycles. The second kappa shape index (κ2) is 6.56. The first-order chi connectivity index (χ1) is 8.70. The van der Waals surface area contributed by atoms with E-state index in [1.165, 1.54) is 24.1 Å². The number of hydrogen-bond acceptors (Lipinski definition) is 2. The molecular formula is C16H31N3. The lowest BCUT2D eigenvalue weighted by Gasteiger charge is -2.19. The molecule has 1 heterocycles. The molecule has 0 amide bonds. The Kier molecular flexibility index (Phi) is 5.60. The molecule has 0 aliphatic carbocycles. The molecular weight excluding hydrogens is 234 g/mol. The van der Waals surface area contributed by atoms with E-state index in [1.807, 2.05) is 11.7 Å². The molecule has 0 bridgehead atoms. The smallest absolute Gasteiger partial charge is 0.0722 e. The summed E-state index contributed by atoms with van der Waals surface area (Å²) in [7, 11) is 2.00. The van der Waals surface area contributed by atoms with Crippen molar-refractivity contribution in [1.29, 1.82) is 0 Å². The summed E-state index contributed by atoms with van der Waals surface area (Å²) in [5, 5.41) is 8.24. The Morgan fingerprint density at radius 3 is 2.37 bits per heavy atom. The van der Waals surface area contributed by atoms with Crippen LogP contribution in [0.1, 0.15) is 65.6 Å². The van der Waals surface area contributed by atoms with Crippen LogP contribution in [0.25, 0.3) is 0 Å². The minimum absolute atomic E-state index is 0.111. The average molecular weight is 265 g/mol. The van der Waals surface area contributed by atoms with Crippen LogP contribution in [-0.4, -0.2) is 15.8 Å². The zero-order chi connectivity index (χ0) is 14.6. The molecule has 0 aliphatic heterocycles. The van der Waals surface area contributed by atoms with E-state index in [-0.39, 0.29) is 5.41 Å². The Balaban J connectivity index is 2.58. The predicted molar refractivity (Wildman–Crippen MR) is 82.3 cm³/mol. The Morgan fingerprint density at radius 2 is 1.84 bits per heavy atom. The highest BCUT2D eigenvalue weighted by atomic mass is 15.3. The van der Waals surface area contributed by atoms with Gasteiger partial charge in [-0.05, 0) is 25.7 Å². The van der Waals surface area contributed by atoms with Gasteiger partial charge in [-0.2, -0.15) is 5.10 Å². The van der Waals surface area contributed by atoms with E-state index in [2.05, 4.69) is 58.2 Å². The van der Waals surface area contributed by atoms with E-state index in [1.54, 1.807) is 0 Å². The molecule has 0 aromatic carbocycles. The van der Waals surface area contributed by atoms with Crippen molar-refractivity contribution in [3.05, 3.63) is 17.5 Å². The molecule has 1 N–H and O–H groups in total.